The molecule has 2 heterocycles. The van der Waals surface area contributed by atoms with E-state index in [2.05, 4.69) is 10.3 Å². The molecule has 0 saturated carbocycles. The Morgan fingerprint density at radius 2 is 1.73 bits per heavy atom. The van der Waals surface area contributed by atoms with E-state index >= 15 is 0 Å². The number of rotatable bonds is 9. The van der Waals surface area contributed by atoms with E-state index in [0.29, 0.717) is 29.9 Å². The molecule has 2 amide bonds. The fraction of sp³-hybridized carbons (Fsp3) is 0.222. The van der Waals surface area contributed by atoms with Crippen LogP contribution < -0.4 is 10.2 Å². The molecule has 0 radical (unpaired) electrons. The molecule has 1 saturated heterocycles. The predicted octanol–water partition coefficient (Wildman–Crippen LogP) is 3.97. The van der Waals surface area contributed by atoms with Gasteiger partial charge in [-0.25, -0.2) is 9.18 Å². The fourth-order valence-corrected chi connectivity index (χ4v) is 4.42. The van der Waals surface area contributed by atoms with Gasteiger partial charge in [0.2, 0.25) is 5.91 Å². The third-order valence-corrected chi connectivity index (χ3v) is 6.27. The quantitative estimate of drug-likeness (QED) is 0.337. The molecule has 0 unspecified atom stereocenters. The first-order chi connectivity index (χ1) is 17.9. The van der Waals surface area contributed by atoms with Gasteiger partial charge in [-0.15, -0.1) is 0 Å². The summed E-state index contributed by atoms with van der Waals surface area (Å²) in [5, 5.41) is 2.97. The highest BCUT2D eigenvalue weighted by Crippen LogP contribution is 2.28. The van der Waals surface area contributed by atoms with Gasteiger partial charge in [0.1, 0.15) is 11.9 Å². The van der Waals surface area contributed by atoms with Gasteiger partial charge in [-0.05, 0) is 91.8 Å². The molecule has 2 aromatic carbocycles. The van der Waals surface area contributed by atoms with Crippen molar-refractivity contribution < 1.29 is 23.5 Å². The van der Waals surface area contributed by atoms with Gasteiger partial charge < -0.3 is 15.0 Å². The minimum absolute atomic E-state index is 0.149. The third-order valence-electron chi connectivity index (χ3n) is 5.85. The fourth-order valence-electron chi connectivity index (χ4n) is 4.01. The van der Waals surface area contributed by atoms with Crippen LogP contribution in [0.1, 0.15) is 29.3 Å². The van der Waals surface area contributed by atoms with E-state index in [-0.39, 0.29) is 24.0 Å². The number of anilines is 2. The van der Waals surface area contributed by atoms with Gasteiger partial charge in [0.05, 0.1) is 24.3 Å². The van der Waals surface area contributed by atoms with Crippen LogP contribution in [-0.2, 0) is 20.7 Å². The maximum Gasteiger partial charge on any atom is 0.338 e. The molecular formula is C27H25FN4O4S. The number of benzene rings is 2. The number of halogens is 1. The Kier molecular flexibility index (Phi) is 8.19. The van der Waals surface area contributed by atoms with Gasteiger partial charge in [0.25, 0.3) is 5.91 Å². The molecule has 37 heavy (non-hydrogen) atoms. The number of ether oxygens (including phenoxy) is 1. The van der Waals surface area contributed by atoms with Crippen LogP contribution in [0.15, 0.2) is 73.1 Å². The molecule has 1 aliphatic rings. The van der Waals surface area contributed by atoms with E-state index in [9.17, 15) is 18.8 Å². The summed E-state index contributed by atoms with van der Waals surface area (Å²) in [6, 6.07) is 14.7. The molecule has 0 aliphatic carbocycles. The monoisotopic (exact) mass is 520 g/mol. The number of pyridine rings is 1. The summed E-state index contributed by atoms with van der Waals surface area (Å²) in [6.07, 6.45) is 3.81. The number of carbonyl (C=O) groups is 3. The average molecular weight is 521 g/mol. The number of hydrogen-bond acceptors (Lipinski definition) is 6. The molecule has 0 bridgehead atoms. The van der Waals surface area contributed by atoms with Crippen molar-refractivity contribution in [2.75, 3.05) is 23.4 Å². The summed E-state index contributed by atoms with van der Waals surface area (Å²) >= 11 is 5.69. The van der Waals surface area contributed by atoms with Crippen molar-refractivity contribution >= 4 is 46.5 Å². The van der Waals surface area contributed by atoms with Crippen molar-refractivity contribution in [3.8, 4) is 0 Å². The van der Waals surface area contributed by atoms with Crippen molar-refractivity contribution in [1.82, 2.24) is 9.88 Å². The summed E-state index contributed by atoms with van der Waals surface area (Å²) in [5.74, 6) is -1.63. The maximum atomic E-state index is 13.6. The standard InChI is InChI=1S/C27H25FN4O4S/c1-2-36-26(35)19-3-9-22(10-4-19)32-25(34)23(17-24(33)30-21-7-5-20(28)6-8-21)31(27(32)37)16-13-18-11-14-29-15-12-18/h3-12,14-15,23H,2,13,16-17H2,1H3,(H,30,33)/t23-/m0/s1. The summed E-state index contributed by atoms with van der Waals surface area (Å²) < 4.78 is 18.2. The zero-order chi connectivity index (χ0) is 26.4. The van der Waals surface area contributed by atoms with Crippen LogP contribution in [0.4, 0.5) is 15.8 Å². The first kappa shape index (κ1) is 25.9. The van der Waals surface area contributed by atoms with Crippen molar-refractivity contribution in [2.24, 2.45) is 0 Å². The molecule has 1 N–H and O–H groups in total. The van der Waals surface area contributed by atoms with E-state index in [4.69, 9.17) is 17.0 Å². The molecule has 1 aliphatic heterocycles. The van der Waals surface area contributed by atoms with Gasteiger partial charge >= 0.3 is 5.97 Å². The lowest BCUT2D eigenvalue weighted by Crippen LogP contribution is -2.39. The highest BCUT2D eigenvalue weighted by molar-refractivity contribution is 7.80. The Hall–Kier alpha value is -4.18. The van der Waals surface area contributed by atoms with Crippen molar-refractivity contribution in [2.45, 2.75) is 25.8 Å². The Labute approximate surface area is 219 Å². The highest BCUT2D eigenvalue weighted by Gasteiger charge is 2.44. The van der Waals surface area contributed by atoms with Crippen molar-refractivity contribution in [3.05, 3.63) is 90.0 Å². The smallest absolute Gasteiger partial charge is 0.338 e. The number of nitrogens with zero attached hydrogens (tertiary/aromatic N) is 3. The third kappa shape index (κ3) is 6.15. The first-order valence-electron chi connectivity index (χ1n) is 11.7. The second-order valence-electron chi connectivity index (χ2n) is 8.30. The van der Waals surface area contributed by atoms with Crippen LogP contribution in [-0.4, -0.2) is 52.0 Å². The Bertz CT molecular complexity index is 1290. The number of carbonyl (C=O) groups excluding carboxylic acids is 3. The maximum absolute atomic E-state index is 13.6. The lowest BCUT2D eigenvalue weighted by molar-refractivity contribution is -0.124. The minimum Gasteiger partial charge on any atom is -0.462 e. The van der Waals surface area contributed by atoms with Gasteiger partial charge in [-0.1, -0.05) is 0 Å². The summed E-state index contributed by atoms with van der Waals surface area (Å²) in [6.45, 7) is 2.38. The topological polar surface area (TPSA) is 91.8 Å². The minimum atomic E-state index is -0.834. The van der Waals surface area contributed by atoms with Crippen LogP contribution in [0.2, 0.25) is 0 Å². The van der Waals surface area contributed by atoms with Gasteiger partial charge in [0.15, 0.2) is 5.11 Å². The molecule has 1 fully saturated rings. The zero-order valence-electron chi connectivity index (χ0n) is 20.1. The molecule has 0 spiro atoms. The van der Waals surface area contributed by atoms with Crippen LogP contribution >= 0.6 is 12.2 Å². The van der Waals surface area contributed by atoms with Crippen molar-refractivity contribution in [3.63, 3.8) is 0 Å². The van der Waals surface area contributed by atoms with Gasteiger partial charge in [0, 0.05) is 24.6 Å². The zero-order valence-corrected chi connectivity index (χ0v) is 20.9. The van der Waals surface area contributed by atoms with E-state index in [1.54, 1.807) is 48.5 Å². The van der Waals surface area contributed by atoms with Gasteiger partial charge in [-0.3, -0.25) is 19.5 Å². The number of hydrogen-bond donors (Lipinski definition) is 1. The van der Waals surface area contributed by atoms with E-state index in [1.165, 1.54) is 29.2 Å². The van der Waals surface area contributed by atoms with Crippen LogP contribution in [0.5, 0.6) is 0 Å². The predicted molar refractivity (Wildman–Crippen MR) is 141 cm³/mol. The number of nitrogens with one attached hydrogen (secondary N) is 1. The van der Waals surface area contributed by atoms with E-state index < -0.39 is 23.7 Å². The SMILES string of the molecule is CCOC(=O)c1ccc(N2C(=O)[C@H](CC(=O)Nc3ccc(F)cc3)N(CCc3ccncc3)C2=S)cc1. The molecule has 1 atom stereocenters. The molecule has 3 aromatic rings. The summed E-state index contributed by atoms with van der Waals surface area (Å²) in [5.41, 5.74) is 2.28. The van der Waals surface area contributed by atoms with E-state index in [0.717, 1.165) is 5.56 Å². The molecular weight excluding hydrogens is 495 g/mol. The van der Waals surface area contributed by atoms with Crippen molar-refractivity contribution in [1.29, 1.82) is 0 Å². The highest BCUT2D eigenvalue weighted by atomic mass is 32.1. The molecule has 10 heteroatoms. The lowest BCUT2D eigenvalue weighted by Gasteiger charge is -2.24. The summed E-state index contributed by atoms with van der Waals surface area (Å²) in [4.78, 5) is 45.6. The molecule has 1 aromatic heterocycles. The molecule has 8 nitrogen and oxygen atoms in total. The number of thiocarbonyl (C=S) groups is 1. The number of amides is 2. The molecule has 190 valence electrons. The van der Waals surface area contributed by atoms with E-state index in [1.807, 2.05) is 12.1 Å². The second kappa shape index (κ2) is 11.7. The molecule has 4 rings (SSSR count). The Morgan fingerprint density at radius 3 is 2.38 bits per heavy atom. The van der Waals surface area contributed by atoms with Crippen LogP contribution in [0.25, 0.3) is 0 Å². The summed E-state index contributed by atoms with van der Waals surface area (Å²) in [7, 11) is 0. The number of esters is 1. The normalized spacial score (nSPS) is 15.1. The second-order valence-corrected chi connectivity index (χ2v) is 8.66. The first-order valence-corrected chi connectivity index (χ1v) is 12.1. The van der Waals surface area contributed by atoms with Crippen LogP contribution in [0, 0.1) is 5.82 Å². The Morgan fingerprint density at radius 1 is 1.05 bits per heavy atom. The largest absolute Gasteiger partial charge is 0.462 e. The van der Waals surface area contributed by atoms with Gasteiger partial charge in [-0.2, -0.15) is 0 Å². The van der Waals surface area contributed by atoms with Crippen LogP contribution in [0.3, 0.4) is 0 Å². The average Bonchev–Trinajstić information content (AvgIpc) is 3.13. The number of aromatic nitrogens is 1. The lowest BCUT2D eigenvalue weighted by atomic mass is 10.1. The Balaban J connectivity index is 1.55.